The number of aryl methyl sites for hydroxylation is 1. The number of piperidine rings is 1. The highest BCUT2D eigenvalue weighted by Gasteiger charge is 2.43. The number of likely N-dealkylation sites (tertiary alicyclic amines) is 1. The molecule has 2 aliphatic heterocycles. The van der Waals surface area contributed by atoms with Crippen LogP contribution >= 0.6 is 0 Å². The summed E-state index contributed by atoms with van der Waals surface area (Å²) in [5.74, 6) is 0.560. The summed E-state index contributed by atoms with van der Waals surface area (Å²) in [6.07, 6.45) is 4.04. The third-order valence-electron chi connectivity index (χ3n) is 5.64. The van der Waals surface area contributed by atoms with Crippen molar-refractivity contribution >= 4 is 11.9 Å². The second-order valence-corrected chi connectivity index (χ2v) is 7.88. The third kappa shape index (κ3) is 3.74. The molecule has 1 saturated heterocycles. The maximum absolute atomic E-state index is 12.7. The molecule has 0 atom stereocenters. The number of hydrogen-bond acceptors (Lipinski definition) is 7. The van der Waals surface area contributed by atoms with Gasteiger partial charge in [0.1, 0.15) is 12.1 Å². The van der Waals surface area contributed by atoms with Crippen LogP contribution in [0.2, 0.25) is 0 Å². The topological polar surface area (TPSA) is 93.5 Å². The van der Waals surface area contributed by atoms with Crippen molar-refractivity contribution in [3.05, 3.63) is 45.6 Å². The molecular weight excluding hydrogens is 372 g/mol. The van der Waals surface area contributed by atoms with Gasteiger partial charge in [0.15, 0.2) is 0 Å². The minimum atomic E-state index is -0.476. The summed E-state index contributed by atoms with van der Waals surface area (Å²) < 4.78 is 7.46. The van der Waals surface area contributed by atoms with Gasteiger partial charge in [-0.3, -0.25) is 9.59 Å². The van der Waals surface area contributed by atoms with Gasteiger partial charge in [-0.2, -0.15) is 5.10 Å². The van der Waals surface area contributed by atoms with Gasteiger partial charge in [-0.05, 0) is 37.8 Å². The quantitative estimate of drug-likeness (QED) is 0.743. The van der Waals surface area contributed by atoms with E-state index in [0.29, 0.717) is 44.2 Å². The Kier molecular flexibility index (Phi) is 5.08. The minimum absolute atomic E-state index is 0.0437. The normalized spacial score (nSPS) is 17.8. The van der Waals surface area contributed by atoms with Crippen molar-refractivity contribution in [2.45, 2.75) is 38.3 Å². The Labute approximate surface area is 169 Å². The molecule has 0 unspecified atom stereocenters. The molecule has 9 nitrogen and oxygen atoms in total. The molecule has 2 aromatic heterocycles. The van der Waals surface area contributed by atoms with Crippen molar-refractivity contribution < 1.29 is 9.53 Å². The van der Waals surface area contributed by atoms with Crippen molar-refractivity contribution in [2.75, 3.05) is 38.7 Å². The van der Waals surface area contributed by atoms with Crippen LogP contribution in [0.5, 0.6) is 0 Å². The molecule has 0 aliphatic carbocycles. The van der Waals surface area contributed by atoms with Crippen molar-refractivity contribution in [1.29, 1.82) is 0 Å². The van der Waals surface area contributed by atoms with Gasteiger partial charge in [0.25, 0.3) is 5.56 Å². The van der Waals surface area contributed by atoms with E-state index in [4.69, 9.17) is 9.72 Å². The highest BCUT2D eigenvalue weighted by atomic mass is 16.5. The van der Waals surface area contributed by atoms with E-state index < -0.39 is 5.60 Å². The van der Waals surface area contributed by atoms with Crippen LogP contribution in [0, 0.1) is 6.92 Å². The molecule has 0 bridgehead atoms. The lowest BCUT2D eigenvalue weighted by atomic mass is 9.83. The van der Waals surface area contributed by atoms with Crippen LogP contribution in [-0.4, -0.2) is 64.3 Å². The van der Waals surface area contributed by atoms with E-state index in [9.17, 15) is 9.59 Å². The van der Waals surface area contributed by atoms with E-state index in [0.717, 1.165) is 17.7 Å². The molecule has 9 heteroatoms. The number of carbonyl (C=O) groups is 1. The summed E-state index contributed by atoms with van der Waals surface area (Å²) in [7, 11) is 3.83. The zero-order valence-corrected chi connectivity index (χ0v) is 17.1. The summed E-state index contributed by atoms with van der Waals surface area (Å²) in [6, 6.07) is 3.09. The number of hydrogen-bond donors (Lipinski definition) is 0. The van der Waals surface area contributed by atoms with Gasteiger partial charge in [0, 0.05) is 39.4 Å². The lowest BCUT2D eigenvalue weighted by Crippen LogP contribution is -2.50. The van der Waals surface area contributed by atoms with Crippen LogP contribution in [0.25, 0.3) is 0 Å². The second kappa shape index (κ2) is 7.55. The Bertz CT molecular complexity index is 978. The molecule has 29 heavy (non-hydrogen) atoms. The molecule has 4 rings (SSSR count). The highest BCUT2D eigenvalue weighted by Crippen LogP contribution is 2.40. The molecule has 0 aromatic carbocycles. The summed E-state index contributed by atoms with van der Waals surface area (Å²) in [6.45, 7) is 3.50. The average Bonchev–Trinajstić information content (AvgIpc) is 2.71. The molecule has 2 aromatic rings. The lowest BCUT2D eigenvalue weighted by Gasteiger charge is -2.44. The van der Waals surface area contributed by atoms with Crippen molar-refractivity contribution in [2.24, 2.45) is 0 Å². The molecule has 0 saturated carbocycles. The van der Waals surface area contributed by atoms with E-state index in [-0.39, 0.29) is 18.0 Å². The van der Waals surface area contributed by atoms with Gasteiger partial charge in [-0.1, -0.05) is 0 Å². The number of fused-ring (bicyclic) bond motifs is 2. The first-order chi connectivity index (χ1) is 13.9. The molecule has 4 heterocycles. The second-order valence-electron chi connectivity index (χ2n) is 7.88. The predicted octanol–water partition coefficient (Wildman–Crippen LogP) is 0.498. The van der Waals surface area contributed by atoms with Gasteiger partial charge < -0.3 is 14.5 Å². The Morgan fingerprint density at radius 1 is 1.28 bits per heavy atom. The van der Waals surface area contributed by atoms with Crippen LogP contribution in [0.4, 0.5) is 5.95 Å². The first-order valence-corrected chi connectivity index (χ1v) is 9.88. The fourth-order valence-electron chi connectivity index (χ4n) is 4.01. The smallest absolute Gasteiger partial charge is 0.267 e. The molecule has 2 aliphatic rings. The first-order valence-electron chi connectivity index (χ1n) is 9.88. The van der Waals surface area contributed by atoms with E-state index in [2.05, 4.69) is 10.1 Å². The number of carbonyl (C=O) groups excluding carboxylic acids is 1. The Morgan fingerprint density at radius 2 is 2.03 bits per heavy atom. The summed E-state index contributed by atoms with van der Waals surface area (Å²) in [4.78, 5) is 37.6. The number of nitrogens with zero attached hydrogens (tertiary/aromatic N) is 6. The third-order valence-corrected chi connectivity index (χ3v) is 5.64. The number of aromatic nitrogens is 4. The molecular formula is C20H26N6O3. The summed E-state index contributed by atoms with van der Waals surface area (Å²) in [5, 5.41) is 4.16. The van der Waals surface area contributed by atoms with Crippen LogP contribution in [0.15, 0.2) is 23.1 Å². The van der Waals surface area contributed by atoms with E-state index in [1.165, 1.54) is 10.7 Å². The van der Waals surface area contributed by atoms with Crippen LogP contribution < -0.4 is 10.5 Å². The zero-order chi connectivity index (χ0) is 20.6. The average molecular weight is 398 g/mol. The van der Waals surface area contributed by atoms with Crippen LogP contribution in [0.3, 0.4) is 0 Å². The predicted molar refractivity (Wildman–Crippen MR) is 107 cm³/mol. The number of rotatable bonds is 3. The molecule has 1 amide bonds. The van der Waals surface area contributed by atoms with E-state index in [1.54, 1.807) is 17.9 Å². The Balaban J connectivity index is 1.50. The van der Waals surface area contributed by atoms with Gasteiger partial charge in [0.05, 0.1) is 18.0 Å². The monoisotopic (exact) mass is 398 g/mol. The Hall–Kier alpha value is -2.81. The van der Waals surface area contributed by atoms with Gasteiger partial charge >= 0.3 is 0 Å². The zero-order valence-electron chi connectivity index (χ0n) is 17.1. The van der Waals surface area contributed by atoms with Gasteiger partial charge in [0.2, 0.25) is 11.9 Å². The molecule has 154 valence electrons. The molecule has 0 N–H and O–H groups in total. The SMILES string of the molecule is Cc1ccc(=O)n(CC(=O)N2CCC3(CC2)OCCc2cnc(N(C)C)nc23)n1. The van der Waals surface area contributed by atoms with Crippen LogP contribution in [-0.2, 0) is 28.1 Å². The number of anilines is 1. The molecule has 1 spiro atoms. The number of amides is 1. The fourth-order valence-corrected chi connectivity index (χ4v) is 4.01. The largest absolute Gasteiger partial charge is 0.368 e. The van der Waals surface area contributed by atoms with Crippen LogP contribution in [0.1, 0.15) is 29.8 Å². The molecule has 1 fully saturated rings. The maximum Gasteiger partial charge on any atom is 0.267 e. The minimum Gasteiger partial charge on any atom is -0.368 e. The standard InChI is InChI=1S/C20H26N6O3/c1-14-4-5-16(27)26(23-14)13-17(28)25-9-7-20(8-10-25)18-15(6-11-29-20)12-21-19(22-18)24(2)3/h4-5,12H,6-11,13H2,1-3H3. The lowest BCUT2D eigenvalue weighted by molar-refractivity contribution is -0.142. The molecule has 0 radical (unpaired) electrons. The first kappa shape index (κ1) is 19.5. The summed E-state index contributed by atoms with van der Waals surface area (Å²) >= 11 is 0. The summed E-state index contributed by atoms with van der Waals surface area (Å²) in [5.41, 5.74) is 2.04. The van der Waals surface area contributed by atoms with Crippen molar-refractivity contribution in [3.63, 3.8) is 0 Å². The highest BCUT2D eigenvalue weighted by molar-refractivity contribution is 5.76. The van der Waals surface area contributed by atoms with E-state index >= 15 is 0 Å². The van der Waals surface area contributed by atoms with E-state index in [1.807, 2.05) is 25.2 Å². The van der Waals surface area contributed by atoms with Crippen molar-refractivity contribution in [3.8, 4) is 0 Å². The maximum atomic E-state index is 12.7. The van der Waals surface area contributed by atoms with Crippen molar-refractivity contribution in [1.82, 2.24) is 24.6 Å². The number of ether oxygens (including phenoxy) is 1. The fraction of sp³-hybridized carbons (Fsp3) is 0.550. The Morgan fingerprint density at radius 3 is 2.76 bits per heavy atom. The van der Waals surface area contributed by atoms with Gasteiger partial charge in [-0.15, -0.1) is 0 Å². The van der Waals surface area contributed by atoms with Gasteiger partial charge in [-0.25, -0.2) is 14.6 Å².